The van der Waals surface area contributed by atoms with Crippen LogP contribution in [0.25, 0.3) is 10.9 Å². The molecule has 0 fully saturated rings. The van der Waals surface area contributed by atoms with Gasteiger partial charge in [0.25, 0.3) is 0 Å². The third kappa shape index (κ3) is 3.61. The molecule has 1 N–H and O–H groups in total. The number of aromatic nitrogens is 2. The minimum Gasteiger partial charge on any atom is -0.481 e. The van der Waals surface area contributed by atoms with Crippen LogP contribution in [0.2, 0.25) is 5.02 Å². The predicted octanol–water partition coefficient (Wildman–Crippen LogP) is 3.97. The van der Waals surface area contributed by atoms with Crippen molar-refractivity contribution in [2.45, 2.75) is 31.2 Å². The van der Waals surface area contributed by atoms with Crippen LogP contribution in [0.1, 0.15) is 32.0 Å². The first-order chi connectivity index (χ1) is 9.47. The summed E-state index contributed by atoms with van der Waals surface area (Å²) in [4.78, 5) is 19.7. The summed E-state index contributed by atoms with van der Waals surface area (Å²) in [6.07, 6.45) is 0.105. The first kappa shape index (κ1) is 15.1. The van der Waals surface area contributed by atoms with E-state index in [1.807, 2.05) is 26.0 Å². The van der Waals surface area contributed by atoms with Crippen LogP contribution in [0.3, 0.4) is 0 Å². The van der Waals surface area contributed by atoms with E-state index >= 15 is 0 Å². The maximum Gasteiger partial charge on any atom is 0.304 e. The van der Waals surface area contributed by atoms with Gasteiger partial charge in [-0.1, -0.05) is 25.4 Å². The van der Waals surface area contributed by atoms with Gasteiger partial charge >= 0.3 is 5.97 Å². The van der Waals surface area contributed by atoms with Gasteiger partial charge in [-0.05, 0) is 18.2 Å². The van der Waals surface area contributed by atoms with E-state index in [0.717, 1.165) is 21.8 Å². The minimum absolute atomic E-state index is 0.105. The van der Waals surface area contributed by atoms with Crippen molar-refractivity contribution < 1.29 is 9.90 Å². The summed E-state index contributed by atoms with van der Waals surface area (Å²) in [5.74, 6) is 0.649. The van der Waals surface area contributed by atoms with Crippen LogP contribution in [-0.2, 0) is 4.79 Å². The number of carboxylic acids is 1. The molecule has 2 aromatic rings. The normalized spacial score (nSPS) is 11.2. The monoisotopic (exact) mass is 310 g/mol. The first-order valence-electron chi connectivity index (χ1n) is 6.29. The largest absolute Gasteiger partial charge is 0.481 e. The summed E-state index contributed by atoms with van der Waals surface area (Å²) in [6.45, 7) is 4.06. The molecule has 1 heterocycles. The highest BCUT2D eigenvalue weighted by Gasteiger charge is 2.12. The molecule has 0 saturated heterocycles. The van der Waals surface area contributed by atoms with Crippen LogP contribution in [0.5, 0.6) is 0 Å². The van der Waals surface area contributed by atoms with Crippen LogP contribution in [0.15, 0.2) is 23.2 Å². The zero-order valence-electron chi connectivity index (χ0n) is 11.3. The summed E-state index contributed by atoms with van der Waals surface area (Å²) in [5.41, 5.74) is 0.839. The van der Waals surface area contributed by atoms with Crippen molar-refractivity contribution in [1.82, 2.24) is 9.97 Å². The van der Waals surface area contributed by atoms with Crippen molar-refractivity contribution >= 4 is 40.2 Å². The molecular formula is C14H15ClN2O2S. The van der Waals surface area contributed by atoms with Gasteiger partial charge in [0.1, 0.15) is 10.9 Å². The highest BCUT2D eigenvalue weighted by molar-refractivity contribution is 7.99. The second kappa shape index (κ2) is 6.41. The number of nitrogens with zero attached hydrogens (tertiary/aromatic N) is 2. The molecule has 6 heteroatoms. The van der Waals surface area contributed by atoms with Gasteiger partial charge < -0.3 is 5.11 Å². The molecule has 2 rings (SSSR count). The number of benzene rings is 1. The van der Waals surface area contributed by atoms with E-state index in [2.05, 4.69) is 9.97 Å². The van der Waals surface area contributed by atoms with Crippen molar-refractivity contribution in [3.8, 4) is 0 Å². The smallest absolute Gasteiger partial charge is 0.304 e. The Morgan fingerprint density at radius 1 is 1.40 bits per heavy atom. The van der Waals surface area contributed by atoms with Crippen LogP contribution < -0.4 is 0 Å². The van der Waals surface area contributed by atoms with Gasteiger partial charge in [0, 0.05) is 22.1 Å². The van der Waals surface area contributed by atoms with E-state index in [0.29, 0.717) is 10.8 Å². The summed E-state index contributed by atoms with van der Waals surface area (Å²) < 4.78 is 0. The van der Waals surface area contributed by atoms with Crippen LogP contribution in [0, 0.1) is 0 Å². The number of rotatable bonds is 5. The zero-order valence-corrected chi connectivity index (χ0v) is 12.8. The van der Waals surface area contributed by atoms with E-state index in [1.165, 1.54) is 11.8 Å². The van der Waals surface area contributed by atoms with Crippen molar-refractivity contribution in [2.24, 2.45) is 0 Å². The molecule has 0 amide bonds. The zero-order chi connectivity index (χ0) is 14.7. The second-order valence-corrected chi connectivity index (χ2v) is 6.22. The Morgan fingerprint density at radius 3 is 2.80 bits per heavy atom. The van der Waals surface area contributed by atoms with Gasteiger partial charge in [-0.25, -0.2) is 9.97 Å². The highest BCUT2D eigenvalue weighted by atomic mass is 35.5. The summed E-state index contributed by atoms with van der Waals surface area (Å²) >= 11 is 7.45. The maximum atomic E-state index is 10.6. The van der Waals surface area contributed by atoms with Gasteiger partial charge in [0.2, 0.25) is 0 Å². The molecule has 1 aromatic heterocycles. The third-order valence-electron chi connectivity index (χ3n) is 2.71. The van der Waals surface area contributed by atoms with Crippen LogP contribution >= 0.6 is 23.4 Å². The fourth-order valence-electron chi connectivity index (χ4n) is 1.69. The van der Waals surface area contributed by atoms with E-state index in [9.17, 15) is 4.79 Å². The lowest BCUT2D eigenvalue weighted by atomic mass is 10.2. The molecule has 106 valence electrons. The Kier molecular flexibility index (Phi) is 4.83. The number of hydrogen-bond acceptors (Lipinski definition) is 4. The number of fused-ring (bicyclic) bond motifs is 1. The van der Waals surface area contributed by atoms with E-state index in [4.69, 9.17) is 16.7 Å². The fraction of sp³-hybridized carbons (Fsp3) is 0.357. The third-order valence-corrected chi connectivity index (χ3v) is 3.94. The van der Waals surface area contributed by atoms with Crippen molar-refractivity contribution in [3.05, 3.63) is 29.0 Å². The number of thioether (sulfide) groups is 1. The van der Waals surface area contributed by atoms with Crippen molar-refractivity contribution in [1.29, 1.82) is 0 Å². The Bertz CT molecular complexity index is 646. The highest BCUT2D eigenvalue weighted by Crippen LogP contribution is 2.29. The Balaban J connectivity index is 2.42. The number of carbonyl (C=O) groups is 1. The van der Waals surface area contributed by atoms with Crippen LogP contribution in [-0.4, -0.2) is 26.8 Å². The second-order valence-electron chi connectivity index (χ2n) is 4.70. The quantitative estimate of drug-likeness (QED) is 0.668. The lowest BCUT2D eigenvalue weighted by molar-refractivity contribution is -0.136. The van der Waals surface area contributed by atoms with E-state index < -0.39 is 5.97 Å². The topological polar surface area (TPSA) is 63.1 Å². The number of aliphatic carboxylic acids is 1. The average Bonchev–Trinajstić information content (AvgIpc) is 2.38. The molecule has 0 atom stereocenters. The maximum absolute atomic E-state index is 10.6. The van der Waals surface area contributed by atoms with Gasteiger partial charge in [0.15, 0.2) is 0 Å². The molecule has 0 aliphatic rings. The summed E-state index contributed by atoms with van der Waals surface area (Å²) in [5, 5.41) is 11.0. The molecule has 1 aromatic carbocycles. The van der Waals surface area contributed by atoms with E-state index in [1.54, 1.807) is 6.07 Å². The SMILES string of the molecule is CC(C)c1nc(SCCC(=O)O)c2cc(Cl)ccc2n1. The van der Waals surface area contributed by atoms with Gasteiger partial charge in [-0.3, -0.25) is 4.79 Å². The van der Waals surface area contributed by atoms with Crippen LogP contribution in [0.4, 0.5) is 0 Å². The number of carboxylic acid groups (broad SMARTS) is 1. The lowest BCUT2D eigenvalue weighted by Gasteiger charge is -2.10. The molecule has 0 aliphatic heterocycles. The standard InChI is InChI=1S/C14H15ClN2O2S/c1-8(2)13-16-11-4-3-9(15)7-10(11)14(17-13)20-6-5-12(18)19/h3-4,7-8H,5-6H2,1-2H3,(H,18,19). The van der Waals surface area contributed by atoms with Gasteiger partial charge in [0.05, 0.1) is 11.9 Å². The first-order valence-corrected chi connectivity index (χ1v) is 7.65. The van der Waals surface area contributed by atoms with Gasteiger partial charge in [-0.2, -0.15) is 0 Å². The van der Waals surface area contributed by atoms with Crippen molar-refractivity contribution in [2.75, 3.05) is 5.75 Å². The fourth-order valence-corrected chi connectivity index (χ4v) is 2.81. The molecule has 0 aliphatic carbocycles. The van der Waals surface area contributed by atoms with Gasteiger partial charge in [-0.15, -0.1) is 11.8 Å². The Hall–Kier alpha value is -1.33. The Morgan fingerprint density at radius 2 is 2.15 bits per heavy atom. The van der Waals surface area contributed by atoms with Crippen molar-refractivity contribution in [3.63, 3.8) is 0 Å². The average molecular weight is 311 g/mol. The van der Waals surface area contributed by atoms with E-state index in [-0.39, 0.29) is 12.3 Å². The summed E-state index contributed by atoms with van der Waals surface area (Å²) in [6, 6.07) is 5.49. The molecular weight excluding hydrogens is 296 g/mol. The minimum atomic E-state index is -0.807. The molecule has 4 nitrogen and oxygen atoms in total. The molecule has 0 unspecified atom stereocenters. The molecule has 0 bridgehead atoms. The number of hydrogen-bond donors (Lipinski definition) is 1. The lowest BCUT2D eigenvalue weighted by Crippen LogP contribution is -2.01. The number of halogens is 1. The molecule has 0 saturated carbocycles. The Labute approximate surface area is 126 Å². The molecule has 0 spiro atoms. The molecule has 0 radical (unpaired) electrons. The molecule has 20 heavy (non-hydrogen) atoms. The summed E-state index contributed by atoms with van der Waals surface area (Å²) in [7, 11) is 0. The predicted molar refractivity (Wildman–Crippen MR) is 81.6 cm³/mol.